The highest BCUT2D eigenvalue weighted by molar-refractivity contribution is 7.89. The number of nitrogens with zero attached hydrogens (tertiary/aromatic N) is 2. The van der Waals surface area contributed by atoms with Crippen LogP contribution in [0.15, 0.2) is 35.2 Å². The van der Waals surface area contributed by atoms with E-state index in [9.17, 15) is 13.2 Å². The van der Waals surface area contributed by atoms with E-state index in [0.717, 1.165) is 6.42 Å². The highest BCUT2D eigenvalue weighted by atomic mass is 32.2. The van der Waals surface area contributed by atoms with Crippen LogP contribution >= 0.6 is 0 Å². The van der Waals surface area contributed by atoms with Crippen LogP contribution in [0.5, 0.6) is 0 Å². The maximum atomic E-state index is 12.6. The van der Waals surface area contributed by atoms with Crippen molar-refractivity contribution in [2.24, 2.45) is 0 Å². The van der Waals surface area contributed by atoms with Gasteiger partial charge in [-0.3, -0.25) is 10.2 Å². The van der Waals surface area contributed by atoms with Crippen LogP contribution in [0.4, 0.5) is 0 Å². The second-order valence-corrected chi connectivity index (χ2v) is 7.96. The van der Waals surface area contributed by atoms with E-state index in [-0.39, 0.29) is 18.0 Å². The molecular weight excluding hydrogens is 316 g/mol. The Bertz CT molecular complexity index is 657. The molecule has 0 bridgehead atoms. The Morgan fingerprint density at radius 3 is 2.30 bits per heavy atom. The summed E-state index contributed by atoms with van der Waals surface area (Å²) >= 11 is 0. The molecule has 2 N–H and O–H groups in total. The van der Waals surface area contributed by atoms with E-state index in [1.807, 2.05) is 6.92 Å². The first kappa shape index (κ1) is 16.4. The average Bonchev–Trinajstić information content (AvgIpc) is 3.01. The van der Waals surface area contributed by atoms with Crippen molar-refractivity contribution in [3.63, 3.8) is 0 Å². The molecule has 2 heterocycles. The van der Waals surface area contributed by atoms with Crippen LogP contribution in [0.25, 0.3) is 0 Å². The molecule has 1 aromatic carbocycles. The lowest BCUT2D eigenvalue weighted by Crippen LogP contribution is -2.54. The van der Waals surface area contributed by atoms with Gasteiger partial charge >= 0.3 is 0 Å². The molecule has 0 aliphatic carbocycles. The molecule has 2 fully saturated rings. The van der Waals surface area contributed by atoms with Crippen LogP contribution in [-0.2, 0) is 14.8 Å². The first-order chi connectivity index (χ1) is 11.0. The summed E-state index contributed by atoms with van der Waals surface area (Å²) in [6.45, 7) is 3.54. The molecule has 23 heavy (non-hydrogen) atoms. The Kier molecular flexibility index (Phi) is 4.67. The van der Waals surface area contributed by atoms with Gasteiger partial charge in [0.25, 0.3) is 0 Å². The molecule has 7 nitrogen and oxygen atoms in total. The van der Waals surface area contributed by atoms with Crippen LogP contribution in [0.3, 0.4) is 0 Å². The van der Waals surface area contributed by atoms with Gasteiger partial charge in [-0.05, 0) is 25.5 Å². The van der Waals surface area contributed by atoms with E-state index in [1.165, 1.54) is 4.31 Å². The first-order valence-corrected chi connectivity index (χ1v) is 9.27. The summed E-state index contributed by atoms with van der Waals surface area (Å²) in [5.74, 6) is 0.0404. The molecule has 0 radical (unpaired) electrons. The Balaban J connectivity index is 1.61. The number of rotatable bonds is 3. The fraction of sp³-hybridized carbons (Fsp3) is 0.533. The minimum absolute atomic E-state index is 0.0404. The Morgan fingerprint density at radius 1 is 1.09 bits per heavy atom. The minimum atomic E-state index is -3.47. The number of amides is 1. The number of hydrogen-bond donors (Lipinski definition) is 2. The number of benzene rings is 1. The summed E-state index contributed by atoms with van der Waals surface area (Å²) in [6.07, 6.45) is 0.751. The summed E-state index contributed by atoms with van der Waals surface area (Å²) in [5, 5.41) is 0. The van der Waals surface area contributed by atoms with Gasteiger partial charge in [-0.1, -0.05) is 18.2 Å². The van der Waals surface area contributed by atoms with Crippen LogP contribution in [0, 0.1) is 0 Å². The fourth-order valence-corrected chi connectivity index (χ4v) is 4.43. The molecule has 1 amide bonds. The lowest BCUT2D eigenvalue weighted by molar-refractivity contribution is -0.134. The molecule has 3 rings (SSSR count). The zero-order chi connectivity index (χ0) is 16.4. The minimum Gasteiger partial charge on any atom is -0.339 e. The van der Waals surface area contributed by atoms with Gasteiger partial charge in [-0.2, -0.15) is 4.31 Å². The summed E-state index contributed by atoms with van der Waals surface area (Å²) in [7, 11) is -3.47. The summed E-state index contributed by atoms with van der Waals surface area (Å²) in [6, 6.07) is 8.47. The van der Waals surface area contributed by atoms with E-state index in [4.69, 9.17) is 0 Å². The number of carbonyl (C=O) groups excluding carboxylic acids is 1. The SMILES string of the molecule is CC1CC(C(=O)N2CCN(S(=O)(=O)c3ccccc3)CC2)NN1. The normalized spacial score (nSPS) is 26.4. The maximum Gasteiger partial charge on any atom is 0.243 e. The van der Waals surface area contributed by atoms with Crippen LogP contribution < -0.4 is 10.9 Å². The first-order valence-electron chi connectivity index (χ1n) is 7.83. The number of hydrazine groups is 1. The second kappa shape index (κ2) is 6.56. The van der Waals surface area contributed by atoms with E-state index < -0.39 is 10.0 Å². The summed E-state index contributed by atoms with van der Waals surface area (Å²) in [4.78, 5) is 14.5. The third-order valence-electron chi connectivity index (χ3n) is 4.32. The van der Waals surface area contributed by atoms with E-state index in [1.54, 1.807) is 35.2 Å². The van der Waals surface area contributed by atoms with Crippen molar-refractivity contribution in [2.75, 3.05) is 26.2 Å². The number of carbonyl (C=O) groups is 1. The van der Waals surface area contributed by atoms with Crippen molar-refractivity contribution in [1.29, 1.82) is 0 Å². The van der Waals surface area contributed by atoms with Crippen LogP contribution in [-0.4, -0.2) is 61.8 Å². The van der Waals surface area contributed by atoms with Gasteiger partial charge < -0.3 is 4.90 Å². The van der Waals surface area contributed by atoms with E-state index in [0.29, 0.717) is 31.1 Å². The highest BCUT2D eigenvalue weighted by Gasteiger charge is 2.34. The van der Waals surface area contributed by atoms with Crippen molar-refractivity contribution in [2.45, 2.75) is 30.3 Å². The lowest BCUT2D eigenvalue weighted by Gasteiger charge is -2.35. The molecule has 8 heteroatoms. The Hall–Kier alpha value is -1.48. The standard InChI is InChI=1S/C15H22N4O3S/c1-12-11-14(17-16-12)15(20)18-7-9-19(10-8-18)23(21,22)13-5-3-2-4-6-13/h2-6,12,14,16-17H,7-11H2,1H3. The number of piperazine rings is 1. The average molecular weight is 338 g/mol. The molecule has 0 spiro atoms. The molecule has 0 saturated carbocycles. The fourth-order valence-electron chi connectivity index (χ4n) is 2.99. The van der Waals surface area contributed by atoms with Crippen molar-refractivity contribution >= 4 is 15.9 Å². The largest absolute Gasteiger partial charge is 0.339 e. The van der Waals surface area contributed by atoms with Crippen LogP contribution in [0.2, 0.25) is 0 Å². The zero-order valence-electron chi connectivity index (χ0n) is 13.1. The molecular formula is C15H22N4O3S. The van der Waals surface area contributed by atoms with Gasteiger partial charge in [-0.15, -0.1) is 0 Å². The van der Waals surface area contributed by atoms with Gasteiger partial charge in [0.1, 0.15) is 6.04 Å². The van der Waals surface area contributed by atoms with E-state index >= 15 is 0 Å². The van der Waals surface area contributed by atoms with Gasteiger partial charge in [0.05, 0.1) is 4.90 Å². The monoisotopic (exact) mass is 338 g/mol. The van der Waals surface area contributed by atoms with Crippen molar-refractivity contribution in [3.05, 3.63) is 30.3 Å². The van der Waals surface area contributed by atoms with Gasteiger partial charge in [0, 0.05) is 32.2 Å². The molecule has 2 aliphatic heterocycles. The van der Waals surface area contributed by atoms with Crippen molar-refractivity contribution in [3.8, 4) is 0 Å². The third kappa shape index (κ3) is 3.40. The van der Waals surface area contributed by atoms with Crippen LogP contribution in [0.1, 0.15) is 13.3 Å². The molecule has 126 valence electrons. The predicted octanol–water partition coefficient (Wildman–Crippen LogP) is -0.225. The third-order valence-corrected chi connectivity index (χ3v) is 6.24. The number of sulfonamides is 1. The Labute approximate surface area is 136 Å². The highest BCUT2D eigenvalue weighted by Crippen LogP contribution is 2.18. The predicted molar refractivity (Wildman–Crippen MR) is 85.9 cm³/mol. The van der Waals surface area contributed by atoms with Gasteiger partial charge in [0.2, 0.25) is 15.9 Å². The molecule has 2 atom stereocenters. The smallest absolute Gasteiger partial charge is 0.243 e. The van der Waals surface area contributed by atoms with Gasteiger partial charge in [-0.25, -0.2) is 13.8 Å². The quantitative estimate of drug-likeness (QED) is 0.796. The molecule has 1 aromatic rings. The van der Waals surface area contributed by atoms with E-state index in [2.05, 4.69) is 10.9 Å². The molecule has 2 aliphatic rings. The summed E-state index contributed by atoms with van der Waals surface area (Å²) in [5.41, 5.74) is 6.04. The number of nitrogens with one attached hydrogen (secondary N) is 2. The van der Waals surface area contributed by atoms with Crippen molar-refractivity contribution < 1.29 is 13.2 Å². The number of hydrogen-bond acceptors (Lipinski definition) is 5. The van der Waals surface area contributed by atoms with Gasteiger partial charge in [0.15, 0.2) is 0 Å². The Morgan fingerprint density at radius 2 is 1.74 bits per heavy atom. The van der Waals surface area contributed by atoms with Crippen molar-refractivity contribution in [1.82, 2.24) is 20.1 Å². The second-order valence-electron chi connectivity index (χ2n) is 6.02. The lowest BCUT2D eigenvalue weighted by atomic mass is 10.1. The molecule has 2 unspecified atom stereocenters. The molecule has 2 saturated heterocycles. The maximum absolute atomic E-state index is 12.6. The summed E-state index contributed by atoms with van der Waals surface area (Å²) < 4.78 is 26.6. The molecule has 0 aromatic heterocycles. The zero-order valence-corrected chi connectivity index (χ0v) is 13.9. The topological polar surface area (TPSA) is 81.8 Å².